The monoisotopic (exact) mass is 493 g/mol. The van der Waals surface area contributed by atoms with Crippen molar-refractivity contribution in [3.05, 3.63) is 71.8 Å². The molecule has 0 saturated carbocycles. The maximum atomic E-state index is 13.4. The van der Waals surface area contributed by atoms with E-state index in [9.17, 15) is 24.3 Å². The van der Waals surface area contributed by atoms with E-state index in [1.165, 1.54) is 14.9 Å². The zero-order valence-corrected chi connectivity index (χ0v) is 20.4. The minimum atomic E-state index is -1.19. The lowest BCUT2D eigenvalue weighted by molar-refractivity contribution is -0.188. The fourth-order valence-corrected chi connectivity index (χ4v) is 4.91. The molecule has 2 N–H and O–H groups in total. The molecule has 0 aliphatic carbocycles. The Bertz CT molecular complexity index is 1110. The Labute approximate surface area is 210 Å². The second-order valence-corrected chi connectivity index (χ2v) is 9.25. The van der Waals surface area contributed by atoms with Gasteiger partial charge in [-0.25, -0.2) is 14.8 Å². The standard InChI is InChI=1S/C26H31N5O5/c1-18(20-11-7-4-8-12-20)15-29-16-22-30(21(25(29)35)13-24(33)34)23(32)17-28(2)31(22)26(36)27-14-19-9-5-3-6-10-19/h3-12,18,21-22H,13-17H2,1-2H3,(H,27,36)(H,33,34)/t18?,21-,22?/m0/s1. The van der Waals surface area contributed by atoms with Crippen molar-refractivity contribution in [2.24, 2.45) is 0 Å². The summed E-state index contributed by atoms with van der Waals surface area (Å²) in [4.78, 5) is 54.3. The van der Waals surface area contributed by atoms with Gasteiger partial charge >= 0.3 is 12.0 Å². The minimum absolute atomic E-state index is 0.0236. The van der Waals surface area contributed by atoms with Crippen molar-refractivity contribution in [3.63, 3.8) is 0 Å². The van der Waals surface area contributed by atoms with Gasteiger partial charge < -0.3 is 20.2 Å². The van der Waals surface area contributed by atoms with Crippen molar-refractivity contribution >= 4 is 23.8 Å². The molecule has 2 fully saturated rings. The van der Waals surface area contributed by atoms with Crippen LogP contribution in [-0.2, 0) is 20.9 Å². The highest BCUT2D eigenvalue weighted by atomic mass is 16.4. The third-order valence-electron chi connectivity index (χ3n) is 6.66. The van der Waals surface area contributed by atoms with E-state index < -0.39 is 36.5 Å². The number of nitrogens with one attached hydrogen (secondary N) is 1. The second kappa shape index (κ2) is 10.8. The maximum absolute atomic E-state index is 13.4. The van der Waals surface area contributed by atoms with Crippen LogP contribution in [0.3, 0.4) is 0 Å². The summed E-state index contributed by atoms with van der Waals surface area (Å²) in [6.45, 7) is 2.56. The van der Waals surface area contributed by atoms with Crippen LogP contribution in [0.5, 0.6) is 0 Å². The third-order valence-corrected chi connectivity index (χ3v) is 6.66. The van der Waals surface area contributed by atoms with Crippen molar-refractivity contribution in [2.75, 3.05) is 26.7 Å². The number of nitrogens with zero attached hydrogens (tertiary/aromatic N) is 4. The fourth-order valence-electron chi connectivity index (χ4n) is 4.91. The number of carboxylic acid groups (broad SMARTS) is 1. The van der Waals surface area contributed by atoms with Crippen LogP contribution in [0.2, 0.25) is 0 Å². The third kappa shape index (κ3) is 5.33. The molecule has 0 bridgehead atoms. The van der Waals surface area contributed by atoms with Crippen LogP contribution in [0.4, 0.5) is 4.79 Å². The molecule has 2 saturated heterocycles. The highest BCUT2D eigenvalue weighted by Gasteiger charge is 2.51. The molecule has 2 aliphatic heterocycles. The molecule has 10 heteroatoms. The Morgan fingerprint density at radius 2 is 1.69 bits per heavy atom. The molecular weight excluding hydrogens is 462 g/mol. The number of likely N-dealkylation sites (N-methyl/N-ethyl adjacent to an activating group) is 1. The molecule has 4 rings (SSSR count). The van der Waals surface area contributed by atoms with Gasteiger partial charge in [0, 0.05) is 20.1 Å². The number of urea groups is 1. The van der Waals surface area contributed by atoms with E-state index in [1.807, 2.05) is 67.6 Å². The number of carboxylic acids is 1. The summed E-state index contributed by atoms with van der Waals surface area (Å²) in [7, 11) is 1.64. The number of carbonyl (C=O) groups is 4. The molecule has 0 radical (unpaired) electrons. The number of hydrogen-bond donors (Lipinski definition) is 2. The van der Waals surface area contributed by atoms with Crippen molar-refractivity contribution in [2.45, 2.75) is 38.0 Å². The summed E-state index contributed by atoms with van der Waals surface area (Å²) >= 11 is 0. The normalized spacial score (nSPS) is 21.2. The summed E-state index contributed by atoms with van der Waals surface area (Å²) in [5.74, 6) is -2.01. The smallest absolute Gasteiger partial charge is 0.334 e. The van der Waals surface area contributed by atoms with Gasteiger partial charge in [-0.3, -0.25) is 14.4 Å². The summed E-state index contributed by atoms with van der Waals surface area (Å²) < 4.78 is 0. The summed E-state index contributed by atoms with van der Waals surface area (Å²) in [5.41, 5.74) is 1.95. The molecule has 4 amide bonds. The van der Waals surface area contributed by atoms with Crippen LogP contribution in [0.25, 0.3) is 0 Å². The number of hydrogen-bond acceptors (Lipinski definition) is 5. The van der Waals surface area contributed by atoms with E-state index in [0.29, 0.717) is 6.54 Å². The zero-order valence-electron chi connectivity index (χ0n) is 20.4. The van der Waals surface area contributed by atoms with Crippen LogP contribution >= 0.6 is 0 Å². The number of aliphatic carboxylic acids is 1. The largest absolute Gasteiger partial charge is 0.481 e. The molecule has 2 aromatic rings. The fraction of sp³-hybridized carbons (Fsp3) is 0.385. The van der Waals surface area contributed by atoms with Gasteiger partial charge in [-0.1, -0.05) is 67.6 Å². The lowest BCUT2D eigenvalue weighted by Crippen LogP contribution is -2.76. The first kappa shape index (κ1) is 25.2. The second-order valence-electron chi connectivity index (χ2n) is 9.25. The number of benzene rings is 2. The first-order valence-electron chi connectivity index (χ1n) is 11.9. The molecule has 2 aromatic carbocycles. The Hall–Kier alpha value is -3.92. The molecule has 190 valence electrons. The molecule has 2 unspecified atom stereocenters. The average molecular weight is 494 g/mol. The Kier molecular flexibility index (Phi) is 7.54. The molecule has 2 aliphatic rings. The van der Waals surface area contributed by atoms with Gasteiger partial charge in [0.25, 0.3) is 0 Å². The predicted octanol–water partition coefficient (Wildman–Crippen LogP) is 1.70. The number of rotatable bonds is 7. The van der Waals surface area contributed by atoms with Crippen molar-refractivity contribution in [3.8, 4) is 0 Å². The summed E-state index contributed by atoms with van der Waals surface area (Å²) in [6.07, 6.45) is -1.35. The topological polar surface area (TPSA) is 114 Å². The SMILES string of the molecule is CC(CN1CC2N(C(=O)CN(C)N2C(=O)NCc2ccccc2)[C@@H](CC(=O)O)C1=O)c1ccccc1. The predicted molar refractivity (Wildman–Crippen MR) is 131 cm³/mol. The van der Waals surface area contributed by atoms with Gasteiger partial charge in [-0.15, -0.1) is 0 Å². The molecule has 3 atom stereocenters. The van der Waals surface area contributed by atoms with Crippen LogP contribution < -0.4 is 5.32 Å². The molecular formula is C26H31N5O5. The Balaban J connectivity index is 1.60. The van der Waals surface area contributed by atoms with E-state index in [4.69, 9.17) is 0 Å². The average Bonchev–Trinajstić information content (AvgIpc) is 2.86. The van der Waals surface area contributed by atoms with Crippen molar-refractivity contribution < 1.29 is 24.3 Å². The molecule has 0 spiro atoms. The van der Waals surface area contributed by atoms with Gasteiger partial charge in [0.15, 0.2) is 0 Å². The number of amides is 4. The maximum Gasteiger partial charge on any atom is 0.334 e. The summed E-state index contributed by atoms with van der Waals surface area (Å²) in [5, 5.41) is 15.4. The van der Waals surface area contributed by atoms with E-state index in [0.717, 1.165) is 11.1 Å². The molecule has 2 heterocycles. The first-order chi connectivity index (χ1) is 17.3. The van der Waals surface area contributed by atoms with Crippen molar-refractivity contribution in [1.82, 2.24) is 25.1 Å². The van der Waals surface area contributed by atoms with Gasteiger partial charge in [0.2, 0.25) is 11.8 Å². The van der Waals surface area contributed by atoms with Gasteiger partial charge in [-0.05, 0) is 17.0 Å². The van der Waals surface area contributed by atoms with Crippen LogP contribution in [0, 0.1) is 0 Å². The van der Waals surface area contributed by atoms with E-state index in [-0.39, 0.29) is 31.5 Å². The molecule has 10 nitrogen and oxygen atoms in total. The van der Waals surface area contributed by atoms with E-state index in [2.05, 4.69) is 5.32 Å². The minimum Gasteiger partial charge on any atom is -0.481 e. The Morgan fingerprint density at radius 1 is 1.06 bits per heavy atom. The first-order valence-corrected chi connectivity index (χ1v) is 11.9. The number of hydrazine groups is 1. The van der Waals surface area contributed by atoms with Crippen molar-refractivity contribution in [1.29, 1.82) is 0 Å². The van der Waals surface area contributed by atoms with Gasteiger partial charge in [0.05, 0.1) is 19.5 Å². The number of fused-ring (bicyclic) bond motifs is 1. The van der Waals surface area contributed by atoms with E-state index in [1.54, 1.807) is 11.9 Å². The molecule has 0 aromatic heterocycles. The lowest BCUT2D eigenvalue weighted by Gasteiger charge is -2.54. The van der Waals surface area contributed by atoms with Crippen LogP contribution in [-0.4, -0.2) is 87.6 Å². The lowest BCUT2D eigenvalue weighted by atomic mass is 9.98. The highest BCUT2D eigenvalue weighted by molar-refractivity contribution is 5.93. The number of carbonyl (C=O) groups excluding carboxylic acids is 3. The number of piperazine rings is 1. The Morgan fingerprint density at radius 3 is 2.33 bits per heavy atom. The summed E-state index contributed by atoms with van der Waals surface area (Å²) in [6, 6.07) is 17.5. The van der Waals surface area contributed by atoms with E-state index >= 15 is 0 Å². The van der Waals surface area contributed by atoms with Gasteiger partial charge in [0.1, 0.15) is 12.2 Å². The van der Waals surface area contributed by atoms with Crippen LogP contribution in [0.15, 0.2) is 60.7 Å². The zero-order chi connectivity index (χ0) is 25.8. The van der Waals surface area contributed by atoms with Crippen LogP contribution in [0.1, 0.15) is 30.4 Å². The molecule has 36 heavy (non-hydrogen) atoms. The van der Waals surface area contributed by atoms with Gasteiger partial charge in [-0.2, -0.15) is 0 Å². The quantitative estimate of drug-likeness (QED) is 0.607. The highest BCUT2D eigenvalue weighted by Crippen LogP contribution is 2.29.